The minimum atomic E-state index is -0.468. The molecule has 0 saturated carbocycles. The number of nitrogens with zero attached hydrogens (tertiary/aromatic N) is 1. The summed E-state index contributed by atoms with van der Waals surface area (Å²) < 4.78 is 0. The lowest BCUT2D eigenvalue weighted by Gasteiger charge is -2.18. The molecule has 1 N–H and O–H groups in total. The highest BCUT2D eigenvalue weighted by Gasteiger charge is 2.17. The zero-order valence-corrected chi connectivity index (χ0v) is 16.2. The lowest BCUT2D eigenvalue weighted by atomic mass is 10.0. The molecule has 5 nitrogen and oxygen atoms in total. The van der Waals surface area contributed by atoms with Crippen LogP contribution in [0, 0.1) is 17.0 Å². The van der Waals surface area contributed by atoms with Gasteiger partial charge in [-0.2, -0.15) is 0 Å². The van der Waals surface area contributed by atoms with E-state index in [1.54, 1.807) is 6.07 Å². The molecule has 0 saturated heterocycles. The fraction of sp³-hybridized carbons (Fsp3) is 0.136. The topological polar surface area (TPSA) is 72.2 Å². The number of hydrogen-bond donors (Lipinski definition) is 1. The molecular weight excluding hydrogens is 372 g/mol. The third-order valence-corrected chi connectivity index (χ3v) is 5.60. The van der Waals surface area contributed by atoms with Crippen molar-refractivity contribution in [2.24, 2.45) is 0 Å². The van der Waals surface area contributed by atoms with Gasteiger partial charge in [0.15, 0.2) is 0 Å². The number of anilines is 1. The summed E-state index contributed by atoms with van der Waals surface area (Å²) in [4.78, 5) is 23.0. The van der Waals surface area contributed by atoms with Gasteiger partial charge >= 0.3 is 0 Å². The average Bonchev–Trinajstić information content (AvgIpc) is 2.71. The molecule has 0 radical (unpaired) electrons. The van der Waals surface area contributed by atoms with Crippen LogP contribution in [0.4, 0.5) is 11.4 Å². The SMILES string of the molecule is Cc1ccc([N+](=O)[O-])cc1NC(=O)CSC(c1ccccc1)c1ccccc1. The molecule has 3 aromatic carbocycles. The first-order valence-electron chi connectivity index (χ1n) is 8.81. The fourth-order valence-electron chi connectivity index (χ4n) is 2.84. The first-order chi connectivity index (χ1) is 13.5. The molecule has 1 amide bonds. The number of hydrogen-bond acceptors (Lipinski definition) is 4. The van der Waals surface area contributed by atoms with E-state index in [0.717, 1.165) is 16.7 Å². The summed E-state index contributed by atoms with van der Waals surface area (Å²) in [5, 5.41) is 13.8. The average molecular weight is 392 g/mol. The van der Waals surface area contributed by atoms with Crippen molar-refractivity contribution < 1.29 is 9.72 Å². The summed E-state index contributed by atoms with van der Waals surface area (Å²) in [6.45, 7) is 1.81. The van der Waals surface area contributed by atoms with Crippen LogP contribution < -0.4 is 5.32 Å². The maximum Gasteiger partial charge on any atom is 0.271 e. The fourth-order valence-corrected chi connectivity index (χ4v) is 3.93. The van der Waals surface area contributed by atoms with Gasteiger partial charge in [-0.1, -0.05) is 66.7 Å². The smallest absolute Gasteiger partial charge is 0.271 e. The second kappa shape index (κ2) is 9.19. The van der Waals surface area contributed by atoms with Crippen molar-refractivity contribution in [3.8, 4) is 0 Å². The van der Waals surface area contributed by atoms with Crippen molar-refractivity contribution in [2.75, 3.05) is 11.1 Å². The Morgan fingerprint density at radius 1 is 1.00 bits per heavy atom. The number of non-ortho nitro benzene ring substituents is 1. The molecule has 142 valence electrons. The Kier molecular flexibility index (Phi) is 6.45. The Morgan fingerprint density at radius 3 is 2.11 bits per heavy atom. The van der Waals surface area contributed by atoms with E-state index in [1.807, 2.05) is 67.6 Å². The number of nitro groups is 1. The van der Waals surface area contributed by atoms with Gasteiger partial charge in [0.2, 0.25) is 5.91 Å². The molecule has 0 fully saturated rings. The Labute approximate surface area is 167 Å². The van der Waals surface area contributed by atoms with Crippen LogP contribution in [0.2, 0.25) is 0 Å². The van der Waals surface area contributed by atoms with E-state index in [1.165, 1.54) is 23.9 Å². The molecule has 0 heterocycles. The van der Waals surface area contributed by atoms with Crippen LogP contribution in [0.25, 0.3) is 0 Å². The minimum Gasteiger partial charge on any atom is -0.325 e. The molecule has 3 rings (SSSR count). The Hall–Kier alpha value is -3.12. The van der Waals surface area contributed by atoms with Crippen LogP contribution in [0.3, 0.4) is 0 Å². The van der Waals surface area contributed by atoms with Gasteiger partial charge in [0, 0.05) is 12.1 Å². The maximum atomic E-state index is 12.5. The molecule has 0 aliphatic rings. The number of amides is 1. The standard InChI is InChI=1S/C22H20N2O3S/c1-16-12-13-19(24(26)27)14-20(16)23-21(25)15-28-22(17-8-4-2-5-9-17)18-10-6-3-7-11-18/h2-14,22H,15H2,1H3,(H,23,25). The highest BCUT2D eigenvalue weighted by atomic mass is 32.2. The van der Waals surface area contributed by atoms with Crippen molar-refractivity contribution in [1.82, 2.24) is 0 Å². The predicted molar refractivity (Wildman–Crippen MR) is 114 cm³/mol. The third kappa shape index (κ3) is 4.98. The lowest BCUT2D eigenvalue weighted by Crippen LogP contribution is -2.16. The highest BCUT2D eigenvalue weighted by Crippen LogP contribution is 2.35. The van der Waals surface area contributed by atoms with Crippen molar-refractivity contribution in [1.29, 1.82) is 0 Å². The molecule has 28 heavy (non-hydrogen) atoms. The van der Waals surface area contributed by atoms with Crippen molar-refractivity contribution >= 4 is 29.0 Å². The van der Waals surface area contributed by atoms with E-state index in [4.69, 9.17) is 0 Å². The van der Waals surface area contributed by atoms with Crippen LogP contribution in [-0.2, 0) is 4.79 Å². The van der Waals surface area contributed by atoms with Crippen LogP contribution >= 0.6 is 11.8 Å². The monoisotopic (exact) mass is 392 g/mol. The van der Waals surface area contributed by atoms with Crippen molar-refractivity contribution in [2.45, 2.75) is 12.2 Å². The number of nitrogens with one attached hydrogen (secondary N) is 1. The summed E-state index contributed by atoms with van der Waals surface area (Å²) in [6, 6.07) is 24.5. The van der Waals surface area contributed by atoms with Gasteiger partial charge < -0.3 is 5.32 Å². The lowest BCUT2D eigenvalue weighted by molar-refractivity contribution is -0.384. The number of benzene rings is 3. The number of thioether (sulfide) groups is 1. The summed E-state index contributed by atoms with van der Waals surface area (Å²) in [7, 11) is 0. The molecule has 6 heteroatoms. The largest absolute Gasteiger partial charge is 0.325 e. The molecule has 0 spiro atoms. The maximum absolute atomic E-state index is 12.5. The Balaban J connectivity index is 1.73. The Morgan fingerprint density at radius 2 is 1.57 bits per heavy atom. The van der Waals surface area contributed by atoms with Crippen LogP contribution in [-0.4, -0.2) is 16.6 Å². The summed E-state index contributed by atoms with van der Waals surface area (Å²) in [5.41, 5.74) is 3.46. The first kappa shape index (κ1) is 19.6. The van der Waals surface area contributed by atoms with Gasteiger partial charge in [0.05, 0.1) is 21.6 Å². The zero-order valence-electron chi connectivity index (χ0n) is 15.4. The number of carbonyl (C=O) groups is 1. The van der Waals surface area contributed by atoms with E-state index in [-0.39, 0.29) is 22.6 Å². The van der Waals surface area contributed by atoms with E-state index in [9.17, 15) is 14.9 Å². The van der Waals surface area contributed by atoms with E-state index in [2.05, 4.69) is 5.32 Å². The van der Waals surface area contributed by atoms with E-state index >= 15 is 0 Å². The quantitative estimate of drug-likeness (QED) is 0.434. The normalized spacial score (nSPS) is 10.6. The molecule has 0 bridgehead atoms. The second-order valence-electron chi connectivity index (χ2n) is 6.32. The van der Waals surface area contributed by atoms with Crippen LogP contribution in [0.15, 0.2) is 78.9 Å². The molecule has 0 aromatic heterocycles. The minimum absolute atomic E-state index is 0.0272. The van der Waals surface area contributed by atoms with Gasteiger partial charge in [-0.25, -0.2) is 0 Å². The zero-order chi connectivity index (χ0) is 19.9. The van der Waals surface area contributed by atoms with Crippen LogP contribution in [0.1, 0.15) is 21.9 Å². The van der Waals surface area contributed by atoms with Gasteiger partial charge in [-0.15, -0.1) is 11.8 Å². The van der Waals surface area contributed by atoms with E-state index < -0.39 is 4.92 Å². The highest BCUT2D eigenvalue weighted by molar-refractivity contribution is 8.00. The Bertz CT molecular complexity index is 923. The van der Waals surface area contributed by atoms with E-state index in [0.29, 0.717) is 5.69 Å². The number of aryl methyl sites for hydroxylation is 1. The van der Waals surface area contributed by atoms with Gasteiger partial charge in [0.1, 0.15) is 0 Å². The van der Waals surface area contributed by atoms with Crippen LogP contribution in [0.5, 0.6) is 0 Å². The summed E-state index contributed by atoms with van der Waals surface area (Å²) >= 11 is 1.53. The summed E-state index contributed by atoms with van der Waals surface area (Å²) in [6.07, 6.45) is 0. The van der Waals surface area contributed by atoms with Gasteiger partial charge in [-0.3, -0.25) is 14.9 Å². The predicted octanol–water partition coefficient (Wildman–Crippen LogP) is 5.36. The molecule has 0 unspecified atom stereocenters. The number of nitro benzene ring substituents is 1. The van der Waals surface area contributed by atoms with Crippen molar-refractivity contribution in [3.63, 3.8) is 0 Å². The van der Waals surface area contributed by atoms with Gasteiger partial charge in [-0.05, 0) is 23.6 Å². The molecule has 3 aromatic rings. The molecular formula is C22H20N2O3S. The third-order valence-electron chi connectivity index (χ3n) is 4.29. The second-order valence-corrected chi connectivity index (χ2v) is 7.41. The van der Waals surface area contributed by atoms with Crippen molar-refractivity contribution in [3.05, 3.63) is 106 Å². The molecule has 0 aliphatic carbocycles. The summed E-state index contributed by atoms with van der Waals surface area (Å²) in [5.74, 6) is 0.0433. The number of carbonyl (C=O) groups excluding carboxylic acids is 1. The first-order valence-corrected chi connectivity index (χ1v) is 9.86. The molecule has 0 atom stereocenters. The number of rotatable bonds is 7. The van der Waals surface area contributed by atoms with Gasteiger partial charge in [0.25, 0.3) is 5.69 Å². The molecule has 0 aliphatic heterocycles.